The van der Waals surface area contributed by atoms with Crippen LogP contribution >= 0.6 is 0 Å². The molecule has 0 amide bonds. The lowest BCUT2D eigenvalue weighted by molar-refractivity contribution is 0.0601. The van der Waals surface area contributed by atoms with Gasteiger partial charge in [-0.2, -0.15) is 0 Å². The van der Waals surface area contributed by atoms with E-state index in [0.717, 1.165) is 5.76 Å². The lowest BCUT2D eigenvalue weighted by Gasteiger charge is -1.99. The second kappa shape index (κ2) is 3.96. The van der Waals surface area contributed by atoms with Gasteiger partial charge < -0.3 is 9.15 Å². The predicted molar refractivity (Wildman–Crippen MR) is 59.4 cm³/mol. The standard InChI is InChI=1S/C12H13NO3/c1-7(2)10-6-9-11(16-10)8(4-5-13-9)12(14)15-3/h4-7H,1-3H3. The van der Waals surface area contributed by atoms with Gasteiger partial charge in [0.2, 0.25) is 0 Å². The number of methoxy groups -OCH3 is 1. The number of rotatable bonds is 2. The number of ether oxygens (including phenoxy) is 1. The van der Waals surface area contributed by atoms with Gasteiger partial charge in [0.05, 0.1) is 7.11 Å². The first-order valence-electron chi connectivity index (χ1n) is 5.10. The van der Waals surface area contributed by atoms with Crippen molar-refractivity contribution in [2.45, 2.75) is 19.8 Å². The van der Waals surface area contributed by atoms with Crippen LogP contribution in [0.1, 0.15) is 35.9 Å². The SMILES string of the molecule is COC(=O)c1ccnc2cc(C(C)C)oc12. The molecule has 16 heavy (non-hydrogen) atoms. The number of carbonyl (C=O) groups excluding carboxylic acids is 1. The normalized spacial score (nSPS) is 11.0. The molecule has 0 saturated carbocycles. The van der Waals surface area contributed by atoms with Crippen molar-refractivity contribution in [3.05, 3.63) is 29.7 Å². The number of esters is 1. The number of furan rings is 1. The number of carbonyl (C=O) groups is 1. The molecule has 4 nitrogen and oxygen atoms in total. The Bertz CT molecular complexity index is 528. The van der Waals surface area contributed by atoms with Gasteiger partial charge in [-0.15, -0.1) is 0 Å². The third kappa shape index (κ3) is 1.66. The highest BCUT2D eigenvalue weighted by Gasteiger charge is 2.16. The zero-order chi connectivity index (χ0) is 11.7. The van der Waals surface area contributed by atoms with Crippen LogP contribution < -0.4 is 0 Å². The molecule has 0 aliphatic carbocycles. The smallest absolute Gasteiger partial charge is 0.341 e. The molecule has 0 spiro atoms. The molecule has 2 heterocycles. The molecular weight excluding hydrogens is 206 g/mol. The van der Waals surface area contributed by atoms with Crippen molar-refractivity contribution in [2.24, 2.45) is 0 Å². The second-order valence-electron chi connectivity index (χ2n) is 3.87. The van der Waals surface area contributed by atoms with Crippen molar-refractivity contribution in [2.75, 3.05) is 7.11 Å². The van der Waals surface area contributed by atoms with E-state index in [4.69, 9.17) is 4.42 Å². The van der Waals surface area contributed by atoms with Crippen LogP contribution in [0.25, 0.3) is 11.1 Å². The van der Waals surface area contributed by atoms with E-state index in [9.17, 15) is 4.79 Å². The van der Waals surface area contributed by atoms with Crippen molar-refractivity contribution in [1.29, 1.82) is 0 Å². The molecule has 84 valence electrons. The first kappa shape index (κ1) is 10.7. The molecule has 0 bridgehead atoms. The number of nitrogens with zero attached hydrogens (tertiary/aromatic N) is 1. The fourth-order valence-corrected chi connectivity index (χ4v) is 1.51. The van der Waals surface area contributed by atoms with E-state index < -0.39 is 5.97 Å². The highest BCUT2D eigenvalue weighted by Crippen LogP contribution is 2.26. The molecule has 4 heteroatoms. The molecule has 0 saturated heterocycles. The van der Waals surface area contributed by atoms with Crippen molar-refractivity contribution in [1.82, 2.24) is 4.98 Å². The predicted octanol–water partition coefficient (Wildman–Crippen LogP) is 2.74. The number of aromatic nitrogens is 1. The minimum absolute atomic E-state index is 0.264. The maximum atomic E-state index is 11.5. The van der Waals surface area contributed by atoms with Gasteiger partial charge in [0.1, 0.15) is 16.8 Å². The quantitative estimate of drug-likeness (QED) is 0.729. The average Bonchev–Trinajstić information content (AvgIpc) is 2.71. The second-order valence-corrected chi connectivity index (χ2v) is 3.87. The Morgan fingerprint density at radius 2 is 2.25 bits per heavy atom. The van der Waals surface area contributed by atoms with Crippen LogP contribution in [-0.4, -0.2) is 18.1 Å². The van der Waals surface area contributed by atoms with Crippen molar-refractivity contribution >= 4 is 17.1 Å². The van der Waals surface area contributed by atoms with Crippen LogP contribution in [0.3, 0.4) is 0 Å². The van der Waals surface area contributed by atoms with Crippen molar-refractivity contribution in [3.8, 4) is 0 Å². The van der Waals surface area contributed by atoms with Crippen LogP contribution in [0.2, 0.25) is 0 Å². The van der Waals surface area contributed by atoms with Gasteiger partial charge in [0.15, 0.2) is 5.58 Å². The Morgan fingerprint density at radius 1 is 1.50 bits per heavy atom. The first-order valence-corrected chi connectivity index (χ1v) is 5.10. The van der Waals surface area contributed by atoms with Gasteiger partial charge in [-0.3, -0.25) is 4.98 Å². The number of fused-ring (bicyclic) bond motifs is 1. The molecule has 0 fully saturated rings. The van der Waals surface area contributed by atoms with E-state index >= 15 is 0 Å². The number of pyridine rings is 1. The Morgan fingerprint density at radius 3 is 2.88 bits per heavy atom. The molecule has 0 aliphatic rings. The first-order chi connectivity index (χ1) is 7.63. The third-order valence-electron chi connectivity index (χ3n) is 2.41. The van der Waals surface area contributed by atoms with Crippen LogP contribution in [0.4, 0.5) is 0 Å². The van der Waals surface area contributed by atoms with E-state index in [-0.39, 0.29) is 5.92 Å². The zero-order valence-corrected chi connectivity index (χ0v) is 9.48. The van der Waals surface area contributed by atoms with Crippen LogP contribution in [0.5, 0.6) is 0 Å². The van der Waals surface area contributed by atoms with Crippen molar-refractivity contribution < 1.29 is 13.9 Å². The Kier molecular flexibility index (Phi) is 2.64. The summed E-state index contributed by atoms with van der Waals surface area (Å²) in [6.07, 6.45) is 1.58. The molecule has 0 aromatic carbocycles. The largest absolute Gasteiger partial charge is 0.465 e. The van der Waals surface area contributed by atoms with Crippen molar-refractivity contribution in [3.63, 3.8) is 0 Å². The number of hydrogen-bond acceptors (Lipinski definition) is 4. The van der Waals surface area contributed by atoms with Crippen LogP contribution in [0, 0.1) is 0 Å². The summed E-state index contributed by atoms with van der Waals surface area (Å²) < 4.78 is 10.3. The summed E-state index contributed by atoms with van der Waals surface area (Å²) >= 11 is 0. The minimum atomic E-state index is -0.406. The molecule has 0 aliphatic heterocycles. The highest BCUT2D eigenvalue weighted by molar-refractivity contribution is 6.00. The van der Waals surface area contributed by atoms with Gasteiger partial charge in [-0.1, -0.05) is 13.8 Å². The number of hydrogen-bond donors (Lipinski definition) is 0. The maximum absolute atomic E-state index is 11.5. The summed E-state index contributed by atoms with van der Waals surface area (Å²) in [5.41, 5.74) is 1.60. The van der Waals surface area contributed by atoms with E-state index in [1.165, 1.54) is 7.11 Å². The Hall–Kier alpha value is -1.84. The van der Waals surface area contributed by atoms with E-state index in [0.29, 0.717) is 16.7 Å². The molecule has 0 atom stereocenters. The zero-order valence-electron chi connectivity index (χ0n) is 9.48. The highest BCUT2D eigenvalue weighted by atomic mass is 16.5. The van der Waals surface area contributed by atoms with Gasteiger partial charge in [-0.05, 0) is 6.07 Å². The summed E-state index contributed by atoms with van der Waals surface area (Å²) in [7, 11) is 1.35. The average molecular weight is 219 g/mol. The van der Waals surface area contributed by atoms with Gasteiger partial charge in [0, 0.05) is 18.2 Å². The monoisotopic (exact) mass is 219 g/mol. The lowest BCUT2D eigenvalue weighted by Crippen LogP contribution is -2.01. The Labute approximate surface area is 93.2 Å². The summed E-state index contributed by atoms with van der Waals surface area (Å²) in [6, 6.07) is 3.45. The Balaban J connectivity index is 2.63. The summed E-state index contributed by atoms with van der Waals surface area (Å²) in [4.78, 5) is 15.7. The maximum Gasteiger partial charge on any atom is 0.341 e. The summed E-state index contributed by atoms with van der Waals surface area (Å²) in [5, 5.41) is 0. The van der Waals surface area contributed by atoms with Gasteiger partial charge in [-0.25, -0.2) is 4.79 Å². The van der Waals surface area contributed by atoms with Gasteiger partial charge in [0.25, 0.3) is 0 Å². The molecule has 0 radical (unpaired) electrons. The molecule has 0 unspecified atom stereocenters. The minimum Gasteiger partial charge on any atom is -0.465 e. The lowest BCUT2D eigenvalue weighted by atomic mass is 10.1. The fourth-order valence-electron chi connectivity index (χ4n) is 1.51. The van der Waals surface area contributed by atoms with Crippen LogP contribution in [-0.2, 0) is 4.74 Å². The van der Waals surface area contributed by atoms with Crippen LogP contribution in [0.15, 0.2) is 22.7 Å². The summed E-state index contributed by atoms with van der Waals surface area (Å²) in [6.45, 7) is 4.05. The van der Waals surface area contributed by atoms with E-state index in [2.05, 4.69) is 9.72 Å². The molecule has 0 N–H and O–H groups in total. The topological polar surface area (TPSA) is 52.3 Å². The molecule has 2 aromatic heterocycles. The van der Waals surface area contributed by atoms with Gasteiger partial charge >= 0.3 is 5.97 Å². The molecular formula is C12H13NO3. The molecule has 2 rings (SSSR count). The van der Waals surface area contributed by atoms with E-state index in [1.54, 1.807) is 12.3 Å². The summed E-state index contributed by atoms with van der Waals surface area (Å²) in [5.74, 6) is 0.676. The fraction of sp³-hybridized carbons (Fsp3) is 0.333. The third-order valence-corrected chi connectivity index (χ3v) is 2.41. The molecule has 2 aromatic rings. The van der Waals surface area contributed by atoms with E-state index in [1.807, 2.05) is 19.9 Å².